The summed E-state index contributed by atoms with van der Waals surface area (Å²) >= 11 is 0. The lowest BCUT2D eigenvalue weighted by Gasteiger charge is -2.23. The second kappa shape index (κ2) is 8.24. The van der Waals surface area contributed by atoms with Gasteiger partial charge in [0.15, 0.2) is 0 Å². The van der Waals surface area contributed by atoms with Crippen LogP contribution in [0.1, 0.15) is 22.8 Å². The van der Waals surface area contributed by atoms with E-state index in [9.17, 15) is 23.3 Å². The minimum Gasteiger partial charge on any atom is -0.268 e. The molecule has 29 heavy (non-hydrogen) atoms. The van der Waals surface area contributed by atoms with E-state index in [1.807, 2.05) is 6.92 Å². The Balaban J connectivity index is 2.11. The van der Waals surface area contributed by atoms with Crippen molar-refractivity contribution in [1.82, 2.24) is 0 Å². The number of amides is 1. The van der Waals surface area contributed by atoms with Crippen LogP contribution in [-0.4, -0.2) is 19.2 Å². The first-order valence-corrected chi connectivity index (χ1v) is 10.3. The molecule has 0 radical (unpaired) electrons. The molecule has 0 aliphatic rings. The Kier molecular flexibility index (Phi) is 5.74. The van der Waals surface area contributed by atoms with E-state index in [1.54, 1.807) is 42.5 Å². The van der Waals surface area contributed by atoms with E-state index < -0.39 is 20.9 Å². The van der Waals surface area contributed by atoms with Gasteiger partial charge in [0.2, 0.25) is 0 Å². The second-order valence-electron chi connectivity index (χ2n) is 6.21. The van der Waals surface area contributed by atoms with E-state index in [4.69, 9.17) is 0 Å². The van der Waals surface area contributed by atoms with Gasteiger partial charge >= 0.3 is 0 Å². The largest absolute Gasteiger partial charge is 0.272 e. The van der Waals surface area contributed by atoms with Crippen molar-refractivity contribution < 1.29 is 18.1 Å². The third-order valence-corrected chi connectivity index (χ3v) is 6.10. The highest BCUT2D eigenvalue weighted by Crippen LogP contribution is 2.27. The molecule has 0 N–H and O–H groups in total. The summed E-state index contributed by atoms with van der Waals surface area (Å²) in [5, 5.41) is 10.9. The molecule has 0 saturated heterocycles. The van der Waals surface area contributed by atoms with Crippen LogP contribution >= 0.6 is 0 Å². The summed E-state index contributed by atoms with van der Waals surface area (Å²) in [6.45, 7) is 1.97. The first kappa shape index (κ1) is 20.2. The summed E-state index contributed by atoms with van der Waals surface area (Å²) in [4.78, 5) is 23.4. The van der Waals surface area contributed by atoms with Crippen molar-refractivity contribution in [1.29, 1.82) is 0 Å². The third-order valence-electron chi connectivity index (χ3n) is 4.37. The standard InChI is InChI=1S/C21H18N2O5S/c1-2-16-8-12-18(13-9-16)22(29(27,28)20-6-4-3-5-7-20)21(24)17-10-14-19(15-11-17)23(25)26/h3-15H,2H2,1H3. The van der Waals surface area contributed by atoms with Gasteiger partial charge in [-0.2, -0.15) is 4.31 Å². The van der Waals surface area contributed by atoms with Crippen LogP contribution in [0.2, 0.25) is 0 Å². The maximum Gasteiger partial charge on any atom is 0.272 e. The number of rotatable bonds is 6. The fourth-order valence-electron chi connectivity index (χ4n) is 2.77. The number of nitrogens with zero attached hydrogens (tertiary/aromatic N) is 2. The number of hydrogen-bond acceptors (Lipinski definition) is 5. The number of carbonyl (C=O) groups is 1. The highest BCUT2D eigenvalue weighted by Gasteiger charge is 2.32. The Morgan fingerprint density at radius 2 is 1.52 bits per heavy atom. The van der Waals surface area contributed by atoms with E-state index in [1.165, 1.54) is 36.4 Å². The number of nitro groups is 1. The SMILES string of the molecule is CCc1ccc(N(C(=O)c2ccc([N+](=O)[O-])cc2)S(=O)(=O)c2ccccc2)cc1. The molecular weight excluding hydrogens is 392 g/mol. The highest BCUT2D eigenvalue weighted by molar-refractivity contribution is 7.93. The van der Waals surface area contributed by atoms with Crippen LogP contribution in [-0.2, 0) is 16.4 Å². The molecule has 0 bridgehead atoms. The molecule has 7 nitrogen and oxygen atoms in total. The maximum atomic E-state index is 13.3. The molecular formula is C21H18N2O5S. The van der Waals surface area contributed by atoms with Gasteiger partial charge in [0.25, 0.3) is 21.6 Å². The minimum absolute atomic E-state index is 0.0228. The quantitative estimate of drug-likeness (QED) is 0.448. The number of hydrogen-bond donors (Lipinski definition) is 0. The van der Waals surface area contributed by atoms with Gasteiger partial charge < -0.3 is 0 Å². The average Bonchev–Trinajstić information content (AvgIpc) is 2.75. The average molecular weight is 410 g/mol. The number of nitro benzene ring substituents is 1. The second-order valence-corrected chi connectivity index (χ2v) is 8.00. The van der Waals surface area contributed by atoms with Gasteiger partial charge in [-0.25, -0.2) is 8.42 Å². The van der Waals surface area contributed by atoms with Gasteiger partial charge in [0.1, 0.15) is 0 Å². The number of carbonyl (C=O) groups excluding carboxylic acids is 1. The lowest BCUT2D eigenvalue weighted by atomic mass is 10.1. The van der Waals surface area contributed by atoms with Crippen LogP contribution < -0.4 is 4.31 Å². The fraction of sp³-hybridized carbons (Fsp3) is 0.0952. The molecule has 3 aromatic rings. The zero-order chi connectivity index (χ0) is 21.0. The number of sulfonamides is 1. The van der Waals surface area contributed by atoms with Crippen LogP contribution in [0.3, 0.4) is 0 Å². The normalized spacial score (nSPS) is 11.1. The highest BCUT2D eigenvalue weighted by atomic mass is 32.2. The van der Waals surface area contributed by atoms with Gasteiger partial charge in [-0.3, -0.25) is 14.9 Å². The Morgan fingerprint density at radius 1 is 0.931 bits per heavy atom. The predicted octanol–water partition coefficient (Wildman–Crippen LogP) is 4.19. The van der Waals surface area contributed by atoms with Crippen LogP contribution in [0.15, 0.2) is 83.8 Å². The van der Waals surface area contributed by atoms with Gasteiger partial charge in [-0.1, -0.05) is 37.3 Å². The molecule has 0 aliphatic heterocycles. The first-order chi connectivity index (χ1) is 13.8. The van der Waals surface area contributed by atoms with Crippen molar-refractivity contribution in [2.75, 3.05) is 4.31 Å². The molecule has 1 amide bonds. The summed E-state index contributed by atoms with van der Waals surface area (Å²) < 4.78 is 27.3. The van der Waals surface area contributed by atoms with Crippen molar-refractivity contribution in [2.24, 2.45) is 0 Å². The summed E-state index contributed by atoms with van der Waals surface area (Å²) in [5.41, 5.74) is 1.02. The van der Waals surface area contributed by atoms with Crippen molar-refractivity contribution >= 4 is 27.3 Å². The molecule has 8 heteroatoms. The van der Waals surface area contributed by atoms with E-state index in [0.717, 1.165) is 16.3 Å². The Bertz CT molecular complexity index is 1130. The van der Waals surface area contributed by atoms with Crippen molar-refractivity contribution in [3.63, 3.8) is 0 Å². The van der Waals surface area contributed by atoms with E-state index in [-0.39, 0.29) is 21.8 Å². The Morgan fingerprint density at radius 3 is 2.03 bits per heavy atom. The molecule has 0 spiro atoms. The predicted molar refractivity (Wildman–Crippen MR) is 109 cm³/mol. The van der Waals surface area contributed by atoms with Gasteiger partial charge in [-0.05, 0) is 48.4 Å². The topological polar surface area (TPSA) is 97.6 Å². The molecule has 3 aromatic carbocycles. The van der Waals surface area contributed by atoms with Crippen molar-refractivity contribution in [3.05, 3.63) is 100 Å². The smallest absolute Gasteiger partial charge is 0.268 e. The number of anilines is 1. The van der Waals surface area contributed by atoms with Crippen LogP contribution in [0.5, 0.6) is 0 Å². The van der Waals surface area contributed by atoms with E-state index in [0.29, 0.717) is 0 Å². The first-order valence-electron chi connectivity index (χ1n) is 8.82. The monoisotopic (exact) mass is 410 g/mol. The van der Waals surface area contributed by atoms with E-state index in [2.05, 4.69) is 0 Å². The summed E-state index contributed by atoms with van der Waals surface area (Å²) in [6.07, 6.45) is 0.766. The molecule has 0 fully saturated rings. The molecule has 0 aliphatic carbocycles. The van der Waals surface area contributed by atoms with Crippen LogP contribution in [0.4, 0.5) is 11.4 Å². The zero-order valence-electron chi connectivity index (χ0n) is 15.6. The third kappa shape index (κ3) is 4.17. The number of benzene rings is 3. The Hall–Kier alpha value is -3.52. The summed E-state index contributed by atoms with van der Waals surface area (Å²) in [5.74, 6) is -0.798. The molecule has 0 saturated carbocycles. The lowest BCUT2D eigenvalue weighted by Crippen LogP contribution is -2.37. The molecule has 0 unspecified atom stereocenters. The Labute approximate surface area is 168 Å². The van der Waals surface area contributed by atoms with Gasteiger partial charge in [-0.15, -0.1) is 0 Å². The van der Waals surface area contributed by atoms with E-state index >= 15 is 0 Å². The number of aryl methyl sites for hydroxylation is 1. The summed E-state index contributed by atoms with van der Waals surface area (Å²) in [7, 11) is -4.20. The molecule has 0 aromatic heterocycles. The van der Waals surface area contributed by atoms with Crippen LogP contribution in [0, 0.1) is 10.1 Å². The molecule has 0 atom stereocenters. The molecule has 0 heterocycles. The minimum atomic E-state index is -4.20. The number of non-ortho nitro benzene ring substituents is 1. The lowest BCUT2D eigenvalue weighted by molar-refractivity contribution is -0.384. The van der Waals surface area contributed by atoms with Crippen molar-refractivity contribution in [2.45, 2.75) is 18.2 Å². The van der Waals surface area contributed by atoms with Crippen molar-refractivity contribution in [3.8, 4) is 0 Å². The zero-order valence-corrected chi connectivity index (χ0v) is 16.4. The summed E-state index contributed by atoms with van der Waals surface area (Å²) in [6, 6.07) is 19.1. The van der Waals surface area contributed by atoms with Crippen LogP contribution in [0.25, 0.3) is 0 Å². The van der Waals surface area contributed by atoms with Gasteiger partial charge in [0, 0.05) is 17.7 Å². The maximum absolute atomic E-state index is 13.3. The fourth-order valence-corrected chi connectivity index (χ4v) is 4.21. The van der Waals surface area contributed by atoms with Gasteiger partial charge in [0.05, 0.1) is 15.5 Å². The molecule has 3 rings (SSSR count). The molecule has 148 valence electrons.